The monoisotopic (exact) mass is 385 g/mol. The number of hydrogen-bond acceptors (Lipinski definition) is 9. The first kappa shape index (κ1) is 19.2. The third-order valence-corrected chi connectivity index (χ3v) is 4.71. The second-order valence-corrected chi connectivity index (χ2v) is 6.88. The van der Waals surface area contributed by atoms with E-state index in [1.165, 1.54) is 24.4 Å². The van der Waals surface area contributed by atoms with Crippen molar-refractivity contribution >= 4 is 29.4 Å². The van der Waals surface area contributed by atoms with Crippen molar-refractivity contribution in [1.29, 1.82) is 0 Å². The van der Waals surface area contributed by atoms with Crippen LogP contribution in [-0.4, -0.2) is 62.1 Å². The Bertz CT molecular complexity index is 634. The maximum Gasteiger partial charge on any atom is 0.259 e. The molecule has 25 heavy (non-hydrogen) atoms. The second-order valence-electron chi connectivity index (χ2n) is 4.73. The highest BCUT2D eigenvalue weighted by atomic mass is 32.2. The molecule has 10 nitrogen and oxygen atoms in total. The van der Waals surface area contributed by atoms with Crippen molar-refractivity contribution < 1.29 is 9.34 Å². The average Bonchev–Trinajstić information content (AvgIpc) is 3.27. The van der Waals surface area contributed by atoms with Gasteiger partial charge >= 0.3 is 0 Å². The number of aromatic amines is 1. The molecule has 2 heterocycles. The molecule has 0 aromatic carbocycles. The van der Waals surface area contributed by atoms with Crippen molar-refractivity contribution in [1.82, 2.24) is 25.5 Å². The maximum absolute atomic E-state index is 10.7. The van der Waals surface area contributed by atoms with Crippen molar-refractivity contribution in [3.63, 3.8) is 0 Å². The van der Waals surface area contributed by atoms with Gasteiger partial charge in [0.15, 0.2) is 5.84 Å². The number of rotatable bonds is 12. The maximum atomic E-state index is 10.7. The van der Waals surface area contributed by atoms with Crippen molar-refractivity contribution in [3.05, 3.63) is 34.7 Å². The molecule has 0 saturated carbocycles. The Balaban J connectivity index is 1.61. The summed E-state index contributed by atoms with van der Waals surface area (Å²) in [6, 6.07) is 0. The third-order valence-electron chi connectivity index (χ3n) is 2.80. The summed E-state index contributed by atoms with van der Waals surface area (Å²) in [6.45, 7) is 0.839. The first-order valence-corrected chi connectivity index (χ1v) is 9.71. The van der Waals surface area contributed by atoms with Crippen LogP contribution in [0, 0.1) is 10.1 Å². The molecule has 0 spiro atoms. The largest absolute Gasteiger partial charge is 0.440 e. The van der Waals surface area contributed by atoms with E-state index < -0.39 is 0 Å². The highest BCUT2D eigenvalue weighted by molar-refractivity contribution is 7.99. The number of nitrogens with one attached hydrogen (secondary N) is 2. The lowest BCUT2D eigenvalue weighted by molar-refractivity contribution is -0.463. The SMILES string of the molecule is O=[N+]([O-])CC(=NCCCSc1ncco1)NCCSCc1ncn[nH]1. The van der Waals surface area contributed by atoms with Gasteiger partial charge in [-0.25, -0.2) is 9.97 Å². The molecule has 0 fully saturated rings. The lowest BCUT2D eigenvalue weighted by Gasteiger charge is -2.06. The van der Waals surface area contributed by atoms with Gasteiger partial charge in [0.2, 0.25) is 0 Å². The van der Waals surface area contributed by atoms with Gasteiger partial charge in [0, 0.05) is 29.5 Å². The zero-order valence-corrected chi connectivity index (χ0v) is 15.1. The standard InChI is InChI=1S/C13H19N7O3S2/c21-20(22)8-11(14-2-1-6-25-13-16-3-5-23-13)15-4-7-24-9-12-17-10-18-19-12/h3,5,10H,1-2,4,6-9H2,(H,14,15)(H,17,18,19). The van der Waals surface area contributed by atoms with Gasteiger partial charge in [-0.2, -0.15) is 16.9 Å². The zero-order valence-electron chi connectivity index (χ0n) is 13.5. The zero-order chi connectivity index (χ0) is 17.7. The van der Waals surface area contributed by atoms with Crippen LogP contribution in [0.25, 0.3) is 0 Å². The number of aromatic nitrogens is 4. The van der Waals surface area contributed by atoms with Gasteiger partial charge in [-0.05, 0) is 6.42 Å². The van der Waals surface area contributed by atoms with Crippen LogP contribution in [0.15, 0.2) is 33.4 Å². The smallest absolute Gasteiger partial charge is 0.259 e. The van der Waals surface area contributed by atoms with E-state index in [1.807, 2.05) is 0 Å². The molecular formula is C13H19N7O3S2. The van der Waals surface area contributed by atoms with E-state index in [0.717, 1.165) is 29.5 Å². The molecule has 136 valence electrons. The number of oxazole rings is 1. The molecule has 2 aromatic rings. The Labute approximate surface area is 152 Å². The molecule has 0 unspecified atom stereocenters. The van der Waals surface area contributed by atoms with E-state index in [9.17, 15) is 10.1 Å². The Morgan fingerprint density at radius 2 is 2.36 bits per heavy atom. The molecule has 12 heteroatoms. The van der Waals surface area contributed by atoms with Crippen LogP contribution >= 0.6 is 23.5 Å². The van der Waals surface area contributed by atoms with Gasteiger partial charge in [0.1, 0.15) is 18.4 Å². The minimum absolute atomic E-state index is 0.292. The van der Waals surface area contributed by atoms with E-state index in [4.69, 9.17) is 4.42 Å². The summed E-state index contributed by atoms with van der Waals surface area (Å²) in [5, 5.41) is 21.0. The molecule has 0 aliphatic heterocycles. The normalized spacial score (nSPS) is 11.6. The predicted molar refractivity (Wildman–Crippen MR) is 96.6 cm³/mol. The van der Waals surface area contributed by atoms with Gasteiger partial charge in [-0.15, -0.1) is 0 Å². The number of aliphatic imine (C=N–C) groups is 1. The molecular weight excluding hydrogens is 366 g/mol. The van der Waals surface area contributed by atoms with Crippen LogP contribution < -0.4 is 5.32 Å². The van der Waals surface area contributed by atoms with Crippen LogP contribution in [0.5, 0.6) is 0 Å². The molecule has 0 atom stereocenters. The minimum Gasteiger partial charge on any atom is -0.440 e. The fourth-order valence-corrected chi connectivity index (χ4v) is 3.17. The highest BCUT2D eigenvalue weighted by Crippen LogP contribution is 2.15. The minimum atomic E-state index is -0.380. The van der Waals surface area contributed by atoms with E-state index >= 15 is 0 Å². The van der Waals surface area contributed by atoms with Gasteiger partial charge in [-0.3, -0.25) is 20.2 Å². The van der Waals surface area contributed by atoms with E-state index in [1.54, 1.807) is 18.0 Å². The number of hydrogen-bond donors (Lipinski definition) is 2. The Hall–Kier alpha value is -2.08. The summed E-state index contributed by atoms with van der Waals surface area (Å²) in [5.74, 6) is 3.53. The summed E-state index contributed by atoms with van der Waals surface area (Å²) < 4.78 is 5.12. The third kappa shape index (κ3) is 8.54. The molecule has 0 saturated heterocycles. The molecule has 2 aromatic heterocycles. The highest BCUT2D eigenvalue weighted by Gasteiger charge is 2.07. The van der Waals surface area contributed by atoms with Gasteiger partial charge in [0.05, 0.1) is 11.9 Å². The van der Waals surface area contributed by atoms with Crippen molar-refractivity contribution in [3.8, 4) is 0 Å². The average molecular weight is 385 g/mol. The predicted octanol–water partition coefficient (Wildman–Crippen LogP) is 1.47. The number of amidine groups is 1. The Morgan fingerprint density at radius 1 is 1.44 bits per heavy atom. The number of thioether (sulfide) groups is 2. The van der Waals surface area contributed by atoms with Crippen LogP contribution in [0.2, 0.25) is 0 Å². The van der Waals surface area contributed by atoms with Crippen LogP contribution in [-0.2, 0) is 5.75 Å². The van der Waals surface area contributed by atoms with Crippen LogP contribution in [0.4, 0.5) is 0 Å². The lowest BCUT2D eigenvalue weighted by atomic mass is 10.4. The quantitative estimate of drug-likeness (QED) is 0.139. The molecule has 0 aliphatic rings. The van der Waals surface area contributed by atoms with Gasteiger partial charge < -0.3 is 9.73 Å². The molecule has 2 rings (SSSR count). The molecule has 0 radical (unpaired) electrons. The van der Waals surface area contributed by atoms with Crippen molar-refractivity contribution in [2.45, 2.75) is 17.4 Å². The first-order chi connectivity index (χ1) is 12.2. The summed E-state index contributed by atoms with van der Waals surface area (Å²) >= 11 is 3.16. The van der Waals surface area contributed by atoms with Gasteiger partial charge in [-0.1, -0.05) is 11.8 Å². The van der Waals surface area contributed by atoms with Crippen LogP contribution in [0.3, 0.4) is 0 Å². The number of nitro groups is 1. The molecule has 2 N–H and O–H groups in total. The van der Waals surface area contributed by atoms with Crippen LogP contribution in [0.1, 0.15) is 12.2 Å². The summed E-state index contributed by atoms with van der Waals surface area (Å²) in [6.07, 6.45) is 5.38. The Morgan fingerprint density at radius 3 is 3.08 bits per heavy atom. The molecule has 0 bridgehead atoms. The number of H-pyrrole nitrogens is 1. The summed E-state index contributed by atoms with van der Waals surface area (Å²) in [5.41, 5.74) is 0. The summed E-state index contributed by atoms with van der Waals surface area (Å²) in [4.78, 5) is 22.7. The second kappa shape index (κ2) is 11.5. The van der Waals surface area contributed by atoms with E-state index in [2.05, 4.69) is 30.5 Å². The fraction of sp³-hybridized carbons (Fsp3) is 0.538. The molecule has 0 amide bonds. The topological polar surface area (TPSA) is 135 Å². The van der Waals surface area contributed by atoms with E-state index in [-0.39, 0.29) is 11.5 Å². The van der Waals surface area contributed by atoms with Crippen molar-refractivity contribution in [2.24, 2.45) is 4.99 Å². The lowest BCUT2D eigenvalue weighted by Crippen LogP contribution is -2.32. The van der Waals surface area contributed by atoms with E-state index in [0.29, 0.717) is 24.1 Å². The molecule has 0 aliphatic carbocycles. The summed E-state index contributed by atoms with van der Waals surface area (Å²) in [7, 11) is 0. The first-order valence-electron chi connectivity index (χ1n) is 7.57. The van der Waals surface area contributed by atoms with Crippen molar-refractivity contribution in [2.75, 3.05) is 31.1 Å². The number of nitrogens with zero attached hydrogens (tertiary/aromatic N) is 5. The van der Waals surface area contributed by atoms with Gasteiger partial charge in [0.25, 0.3) is 11.8 Å². The Kier molecular flexibility index (Phi) is 8.83. The fourth-order valence-electron chi connectivity index (χ4n) is 1.74.